The molecule has 0 spiro atoms. The van der Waals surface area contributed by atoms with Crippen LogP contribution in [0.2, 0.25) is 0 Å². The van der Waals surface area contributed by atoms with Crippen LogP contribution in [0.1, 0.15) is 15.9 Å². The minimum absolute atomic E-state index is 0.00485. The van der Waals surface area contributed by atoms with Crippen molar-refractivity contribution in [3.05, 3.63) is 69.8 Å². The van der Waals surface area contributed by atoms with Crippen molar-refractivity contribution in [3.8, 4) is 0 Å². The highest BCUT2D eigenvalue weighted by atomic mass is 16.6. The molecule has 1 aliphatic heterocycles. The van der Waals surface area contributed by atoms with Crippen LogP contribution < -0.4 is 10.3 Å². The second kappa shape index (κ2) is 8.21. The Morgan fingerprint density at radius 1 is 1.19 bits per heavy atom. The number of nitro benzene ring substituents is 1. The number of hydrogen-bond donors (Lipinski definition) is 1. The van der Waals surface area contributed by atoms with Gasteiger partial charge in [0.15, 0.2) is 0 Å². The quantitative estimate of drug-likeness (QED) is 0.504. The maximum atomic E-state index is 11.9. The lowest BCUT2D eigenvalue weighted by Gasteiger charge is -2.28. The minimum atomic E-state index is -0.412. The fourth-order valence-corrected chi connectivity index (χ4v) is 2.66. The van der Waals surface area contributed by atoms with Gasteiger partial charge in [0.1, 0.15) is 5.69 Å². The Morgan fingerprint density at radius 2 is 1.92 bits per heavy atom. The smallest absolute Gasteiger partial charge is 0.293 e. The monoisotopic (exact) mass is 354 g/mol. The van der Waals surface area contributed by atoms with Crippen molar-refractivity contribution in [1.29, 1.82) is 0 Å². The van der Waals surface area contributed by atoms with Crippen molar-refractivity contribution in [1.82, 2.24) is 5.43 Å². The SMILES string of the molecule is O=C(NN=Cc1ccc(N2CCOCC2)c([N+](=O)[O-])c1)c1ccccc1. The van der Waals surface area contributed by atoms with Gasteiger partial charge in [-0.05, 0) is 18.2 Å². The first-order valence-electron chi connectivity index (χ1n) is 8.15. The molecule has 8 nitrogen and oxygen atoms in total. The number of hydrazone groups is 1. The number of nitro groups is 1. The van der Waals surface area contributed by atoms with Crippen LogP contribution >= 0.6 is 0 Å². The molecule has 1 aliphatic rings. The van der Waals surface area contributed by atoms with E-state index in [4.69, 9.17) is 4.74 Å². The minimum Gasteiger partial charge on any atom is -0.378 e. The van der Waals surface area contributed by atoms with E-state index in [0.29, 0.717) is 43.1 Å². The van der Waals surface area contributed by atoms with Crippen LogP contribution in [0.3, 0.4) is 0 Å². The van der Waals surface area contributed by atoms with Crippen LogP contribution in [-0.2, 0) is 4.74 Å². The van der Waals surface area contributed by atoms with Crippen molar-refractivity contribution in [2.45, 2.75) is 0 Å². The summed E-state index contributed by atoms with van der Waals surface area (Å²) in [7, 11) is 0. The summed E-state index contributed by atoms with van der Waals surface area (Å²) in [5.41, 5.74) is 3.99. The first-order valence-corrected chi connectivity index (χ1v) is 8.15. The summed E-state index contributed by atoms with van der Waals surface area (Å²) < 4.78 is 5.28. The maximum Gasteiger partial charge on any atom is 0.293 e. The Hall–Kier alpha value is -3.26. The lowest BCUT2D eigenvalue weighted by Crippen LogP contribution is -2.36. The van der Waals surface area contributed by atoms with Gasteiger partial charge in [-0.2, -0.15) is 5.10 Å². The predicted octanol–water partition coefficient (Wildman–Crippen LogP) is 2.20. The van der Waals surface area contributed by atoms with Crippen molar-refractivity contribution in [2.75, 3.05) is 31.2 Å². The third kappa shape index (κ3) is 4.22. The summed E-state index contributed by atoms with van der Waals surface area (Å²) in [6.07, 6.45) is 1.39. The van der Waals surface area contributed by atoms with E-state index in [2.05, 4.69) is 10.5 Å². The number of anilines is 1. The average molecular weight is 354 g/mol. The Kier molecular flexibility index (Phi) is 5.55. The van der Waals surface area contributed by atoms with Gasteiger partial charge in [0, 0.05) is 30.3 Å². The van der Waals surface area contributed by atoms with Crippen molar-refractivity contribution in [3.63, 3.8) is 0 Å². The van der Waals surface area contributed by atoms with Gasteiger partial charge < -0.3 is 9.64 Å². The molecule has 134 valence electrons. The fourth-order valence-electron chi connectivity index (χ4n) is 2.66. The van der Waals surface area contributed by atoms with E-state index in [0.717, 1.165) is 0 Å². The Balaban J connectivity index is 1.73. The van der Waals surface area contributed by atoms with E-state index < -0.39 is 4.92 Å². The van der Waals surface area contributed by atoms with E-state index in [1.807, 2.05) is 11.0 Å². The second-order valence-corrected chi connectivity index (χ2v) is 5.67. The molecule has 8 heteroatoms. The Labute approximate surface area is 150 Å². The molecule has 0 atom stereocenters. The van der Waals surface area contributed by atoms with Gasteiger partial charge in [-0.1, -0.05) is 24.3 Å². The first-order chi connectivity index (χ1) is 12.6. The van der Waals surface area contributed by atoms with Gasteiger partial charge in [0.25, 0.3) is 11.6 Å². The number of nitrogens with zero attached hydrogens (tertiary/aromatic N) is 3. The van der Waals surface area contributed by atoms with Crippen LogP contribution in [-0.4, -0.2) is 43.3 Å². The lowest BCUT2D eigenvalue weighted by atomic mass is 10.1. The maximum absolute atomic E-state index is 11.9. The topological polar surface area (TPSA) is 97.1 Å². The molecule has 0 bridgehead atoms. The number of ether oxygens (including phenoxy) is 1. The highest BCUT2D eigenvalue weighted by Crippen LogP contribution is 2.29. The molecule has 2 aromatic carbocycles. The summed E-state index contributed by atoms with van der Waals surface area (Å²) in [5.74, 6) is -0.346. The van der Waals surface area contributed by atoms with E-state index in [9.17, 15) is 14.9 Å². The molecule has 26 heavy (non-hydrogen) atoms. The van der Waals surface area contributed by atoms with Crippen LogP contribution in [0.25, 0.3) is 0 Å². The summed E-state index contributed by atoms with van der Waals surface area (Å²) in [6.45, 7) is 2.32. The molecule has 0 radical (unpaired) electrons. The molecular formula is C18H18N4O4. The lowest BCUT2D eigenvalue weighted by molar-refractivity contribution is -0.384. The fraction of sp³-hybridized carbons (Fsp3) is 0.222. The Bertz CT molecular complexity index is 817. The van der Waals surface area contributed by atoms with E-state index >= 15 is 0 Å². The molecule has 1 amide bonds. The van der Waals surface area contributed by atoms with Crippen molar-refractivity contribution in [2.24, 2.45) is 5.10 Å². The van der Waals surface area contributed by atoms with Gasteiger partial charge in [-0.3, -0.25) is 14.9 Å². The number of carbonyl (C=O) groups excluding carboxylic acids is 1. The summed E-state index contributed by atoms with van der Waals surface area (Å²) in [4.78, 5) is 24.9. The number of morpholine rings is 1. The zero-order chi connectivity index (χ0) is 18.4. The normalized spacial score (nSPS) is 14.4. The van der Waals surface area contributed by atoms with Crippen molar-refractivity contribution >= 4 is 23.5 Å². The van der Waals surface area contributed by atoms with Gasteiger partial charge in [0.2, 0.25) is 0 Å². The molecular weight excluding hydrogens is 336 g/mol. The molecule has 0 unspecified atom stereocenters. The number of rotatable bonds is 5. The van der Waals surface area contributed by atoms with E-state index in [1.165, 1.54) is 12.3 Å². The van der Waals surface area contributed by atoms with Crippen LogP contribution in [0.15, 0.2) is 53.6 Å². The number of benzene rings is 2. The third-order valence-corrected chi connectivity index (χ3v) is 3.96. The standard InChI is InChI=1S/C18H18N4O4/c23-18(15-4-2-1-3-5-15)20-19-13-14-6-7-16(17(12-14)22(24)25)21-8-10-26-11-9-21/h1-7,12-13H,8-11H2,(H,20,23). The molecule has 0 saturated carbocycles. The molecule has 3 rings (SSSR count). The highest BCUT2D eigenvalue weighted by molar-refractivity contribution is 5.95. The van der Waals surface area contributed by atoms with Gasteiger partial charge >= 0.3 is 0 Å². The molecule has 0 aromatic heterocycles. The molecule has 1 saturated heterocycles. The van der Waals surface area contributed by atoms with Crippen LogP contribution in [0.4, 0.5) is 11.4 Å². The summed E-state index contributed by atoms with van der Waals surface area (Å²) in [6, 6.07) is 13.6. The molecule has 0 aliphatic carbocycles. The summed E-state index contributed by atoms with van der Waals surface area (Å²) >= 11 is 0. The zero-order valence-electron chi connectivity index (χ0n) is 14.0. The van der Waals surface area contributed by atoms with Crippen LogP contribution in [0.5, 0.6) is 0 Å². The number of carbonyl (C=O) groups is 1. The number of hydrogen-bond acceptors (Lipinski definition) is 6. The highest BCUT2D eigenvalue weighted by Gasteiger charge is 2.21. The van der Waals surface area contributed by atoms with Crippen LogP contribution in [0, 0.1) is 10.1 Å². The predicted molar refractivity (Wildman–Crippen MR) is 97.6 cm³/mol. The number of amides is 1. The van der Waals surface area contributed by atoms with Gasteiger partial charge in [-0.15, -0.1) is 0 Å². The summed E-state index contributed by atoms with van der Waals surface area (Å²) in [5, 5.41) is 15.3. The first kappa shape index (κ1) is 17.6. The molecule has 1 heterocycles. The number of nitrogens with one attached hydrogen (secondary N) is 1. The Morgan fingerprint density at radius 3 is 2.62 bits per heavy atom. The largest absolute Gasteiger partial charge is 0.378 e. The van der Waals surface area contributed by atoms with E-state index in [1.54, 1.807) is 36.4 Å². The van der Waals surface area contributed by atoms with Gasteiger partial charge in [0.05, 0.1) is 24.4 Å². The third-order valence-electron chi connectivity index (χ3n) is 3.96. The molecule has 1 N–H and O–H groups in total. The molecule has 1 fully saturated rings. The van der Waals surface area contributed by atoms with Crippen molar-refractivity contribution < 1.29 is 14.5 Å². The van der Waals surface area contributed by atoms with Gasteiger partial charge in [-0.25, -0.2) is 5.43 Å². The van der Waals surface area contributed by atoms with E-state index in [-0.39, 0.29) is 11.6 Å². The average Bonchev–Trinajstić information content (AvgIpc) is 2.69. The molecule has 2 aromatic rings. The zero-order valence-corrected chi connectivity index (χ0v) is 14.0. The second-order valence-electron chi connectivity index (χ2n) is 5.67.